The maximum absolute atomic E-state index is 12.5. The van der Waals surface area contributed by atoms with Gasteiger partial charge < -0.3 is 10.2 Å². The quantitative estimate of drug-likeness (QED) is 0.852. The van der Waals surface area contributed by atoms with Crippen LogP contribution < -0.4 is 0 Å². The summed E-state index contributed by atoms with van der Waals surface area (Å²) in [6.07, 6.45) is -5.61. The topological polar surface area (TPSA) is 40.5 Å². The van der Waals surface area contributed by atoms with E-state index in [-0.39, 0.29) is 17.0 Å². The Morgan fingerprint density at radius 2 is 1.94 bits per heavy atom. The van der Waals surface area contributed by atoms with Crippen molar-refractivity contribution in [1.82, 2.24) is 0 Å². The molecule has 0 aliphatic rings. The monoisotopic (exact) mass is 254 g/mol. The molecule has 0 fully saturated rings. The van der Waals surface area contributed by atoms with Crippen LogP contribution in [-0.4, -0.2) is 16.3 Å². The minimum absolute atomic E-state index is 0.0187. The van der Waals surface area contributed by atoms with Crippen molar-refractivity contribution in [3.8, 4) is 5.75 Å². The molecule has 0 amide bonds. The normalized spacial score (nSPS) is 13.9. The van der Waals surface area contributed by atoms with Gasteiger partial charge >= 0.3 is 6.18 Å². The largest absolute Gasteiger partial charge is 0.507 e. The average Bonchev–Trinajstić information content (AvgIpc) is 2.07. The Morgan fingerprint density at radius 1 is 1.38 bits per heavy atom. The van der Waals surface area contributed by atoms with Crippen LogP contribution in [0.25, 0.3) is 0 Å². The van der Waals surface area contributed by atoms with Gasteiger partial charge in [0.25, 0.3) is 0 Å². The molecule has 0 aromatic heterocycles. The standard InChI is InChI=1S/C10H10ClF3O2/c1-5(15)2-6-3-7(11)4-8(9(6)16)10(12,13)14/h3-5,15-16H,2H2,1H3. The fourth-order valence-electron chi connectivity index (χ4n) is 1.35. The molecule has 0 aliphatic heterocycles. The zero-order chi connectivity index (χ0) is 12.5. The molecule has 2 N–H and O–H groups in total. The first kappa shape index (κ1) is 13.1. The van der Waals surface area contributed by atoms with E-state index in [9.17, 15) is 18.3 Å². The van der Waals surface area contributed by atoms with E-state index in [1.54, 1.807) is 0 Å². The summed E-state index contributed by atoms with van der Waals surface area (Å²) in [5.41, 5.74) is -1.20. The fourth-order valence-corrected chi connectivity index (χ4v) is 1.59. The van der Waals surface area contributed by atoms with E-state index in [4.69, 9.17) is 16.7 Å². The molecule has 0 heterocycles. The third-order valence-electron chi connectivity index (χ3n) is 1.97. The molecular weight excluding hydrogens is 245 g/mol. The summed E-state index contributed by atoms with van der Waals surface area (Å²) in [6, 6.07) is 1.86. The van der Waals surface area contributed by atoms with Gasteiger partial charge in [-0.25, -0.2) is 0 Å². The van der Waals surface area contributed by atoms with Crippen LogP contribution in [-0.2, 0) is 12.6 Å². The lowest BCUT2D eigenvalue weighted by molar-refractivity contribution is -0.138. The SMILES string of the molecule is CC(O)Cc1cc(Cl)cc(C(F)(F)F)c1O. The van der Waals surface area contributed by atoms with Crippen molar-refractivity contribution in [3.05, 3.63) is 28.3 Å². The second-order valence-electron chi connectivity index (χ2n) is 3.51. The van der Waals surface area contributed by atoms with Gasteiger partial charge in [0.1, 0.15) is 5.75 Å². The number of hydrogen-bond acceptors (Lipinski definition) is 2. The summed E-state index contributed by atoms with van der Waals surface area (Å²) in [5.74, 6) is -0.877. The van der Waals surface area contributed by atoms with Crippen LogP contribution >= 0.6 is 11.6 Å². The highest BCUT2D eigenvalue weighted by Crippen LogP contribution is 2.39. The van der Waals surface area contributed by atoms with Crippen LogP contribution in [0.1, 0.15) is 18.1 Å². The van der Waals surface area contributed by atoms with Crippen molar-refractivity contribution in [2.45, 2.75) is 25.6 Å². The minimum atomic E-state index is -4.66. The van der Waals surface area contributed by atoms with Crippen molar-refractivity contribution < 1.29 is 23.4 Å². The third-order valence-corrected chi connectivity index (χ3v) is 2.19. The number of halogens is 4. The summed E-state index contributed by atoms with van der Waals surface area (Å²) in [5, 5.41) is 18.4. The molecule has 16 heavy (non-hydrogen) atoms. The first-order valence-electron chi connectivity index (χ1n) is 4.48. The highest BCUT2D eigenvalue weighted by Gasteiger charge is 2.35. The van der Waals surface area contributed by atoms with Crippen LogP contribution in [0, 0.1) is 0 Å². The number of phenolic OH excluding ortho intramolecular Hbond substituents is 1. The average molecular weight is 255 g/mol. The third kappa shape index (κ3) is 3.02. The van der Waals surface area contributed by atoms with Crippen molar-refractivity contribution in [3.63, 3.8) is 0 Å². The van der Waals surface area contributed by atoms with Crippen LogP contribution in [0.2, 0.25) is 5.02 Å². The predicted molar refractivity (Wildman–Crippen MR) is 53.5 cm³/mol. The van der Waals surface area contributed by atoms with Gasteiger partial charge in [-0.2, -0.15) is 13.2 Å². The van der Waals surface area contributed by atoms with Crippen molar-refractivity contribution in [2.24, 2.45) is 0 Å². The molecule has 0 bridgehead atoms. The second kappa shape index (κ2) is 4.51. The Bertz CT molecular complexity index is 388. The van der Waals surface area contributed by atoms with Gasteiger partial charge in [-0.15, -0.1) is 0 Å². The number of aliphatic hydroxyl groups excluding tert-OH is 1. The number of benzene rings is 1. The Hall–Kier alpha value is -0.940. The second-order valence-corrected chi connectivity index (χ2v) is 3.95. The molecule has 0 radical (unpaired) electrons. The maximum atomic E-state index is 12.5. The van der Waals surface area contributed by atoms with E-state index in [2.05, 4.69) is 0 Å². The zero-order valence-corrected chi connectivity index (χ0v) is 9.10. The summed E-state index contributed by atoms with van der Waals surface area (Å²) in [4.78, 5) is 0. The Morgan fingerprint density at radius 3 is 2.38 bits per heavy atom. The van der Waals surface area contributed by atoms with Crippen LogP contribution in [0.15, 0.2) is 12.1 Å². The fraction of sp³-hybridized carbons (Fsp3) is 0.400. The van der Waals surface area contributed by atoms with E-state index in [1.807, 2.05) is 0 Å². The first-order chi connectivity index (χ1) is 7.21. The summed E-state index contributed by atoms with van der Waals surface area (Å²) < 4.78 is 37.4. The number of phenols is 1. The van der Waals surface area contributed by atoms with E-state index >= 15 is 0 Å². The molecule has 6 heteroatoms. The number of alkyl halides is 3. The number of aromatic hydroxyl groups is 1. The molecular formula is C10H10ClF3O2. The maximum Gasteiger partial charge on any atom is 0.420 e. The van der Waals surface area contributed by atoms with Gasteiger partial charge in [0.2, 0.25) is 0 Å². The lowest BCUT2D eigenvalue weighted by atomic mass is 10.0. The minimum Gasteiger partial charge on any atom is -0.507 e. The number of rotatable bonds is 2. The van der Waals surface area contributed by atoms with Gasteiger partial charge in [0.05, 0.1) is 11.7 Å². The highest BCUT2D eigenvalue weighted by molar-refractivity contribution is 6.30. The van der Waals surface area contributed by atoms with Crippen molar-refractivity contribution in [2.75, 3.05) is 0 Å². The molecule has 1 aromatic carbocycles. The summed E-state index contributed by atoms with van der Waals surface area (Å²) in [6.45, 7) is 1.41. The van der Waals surface area contributed by atoms with Crippen LogP contribution in [0.5, 0.6) is 5.75 Å². The van der Waals surface area contributed by atoms with E-state index < -0.39 is 23.6 Å². The molecule has 0 spiro atoms. The van der Waals surface area contributed by atoms with Crippen LogP contribution in [0.4, 0.5) is 13.2 Å². The van der Waals surface area contributed by atoms with Crippen molar-refractivity contribution >= 4 is 11.6 Å². The molecule has 1 aromatic rings. The molecule has 0 aliphatic carbocycles. The van der Waals surface area contributed by atoms with Gasteiger partial charge in [0.15, 0.2) is 0 Å². The Labute approximate surface area is 95.3 Å². The predicted octanol–water partition coefficient (Wildman–Crippen LogP) is 2.99. The van der Waals surface area contributed by atoms with Crippen molar-refractivity contribution in [1.29, 1.82) is 0 Å². The lowest BCUT2D eigenvalue weighted by Crippen LogP contribution is -2.09. The molecule has 2 nitrogen and oxygen atoms in total. The Balaban J connectivity index is 3.26. The smallest absolute Gasteiger partial charge is 0.420 e. The van der Waals surface area contributed by atoms with Gasteiger partial charge in [0, 0.05) is 11.4 Å². The molecule has 1 rings (SSSR count). The Kier molecular flexibility index (Phi) is 3.70. The van der Waals surface area contributed by atoms with E-state index in [0.29, 0.717) is 6.07 Å². The molecule has 0 saturated carbocycles. The summed E-state index contributed by atoms with van der Waals surface area (Å²) in [7, 11) is 0. The number of aliphatic hydroxyl groups is 1. The van der Waals surface area contributed by atoms with E-state index in [1.165, 1.54) is 13.0 Å². The van der Waals surface area contributed by atoms with E-state index in [0.717, 1.165) is 0 Å². The first-order valence-corrected chi connectivity index (χ1v) is 4.86. The number of hydrogen-bond donors (Lipinski definition) is 2. The summed E-state index contributed by atoms with van der Waals surface area (Å²) >= 11 is 5.52. The lowest BCUT2D eigenvalue weighted by Gasteiger charge is -2.14. The van der Waals surface area contributed by atoms with Gasteiger partial charge in [-0.1, -0.05) is 11.6 Å². The van der Waals surface area contributed by atoms with Gasteiger partial charge in [-0.05, 0) is 24.6 Å². The molecule has 1 atom stereocenters. The molecule has 1 unspecified atom stereocenters. The van der Waals surface area contributed by atoms with Gasteiger partial charge in [-0.3, -0.25) is 0 Å². The molecule has 0 saturated heterocycles. The zero-order valence-electron chi connectivity index (χ0n) is 8.35. The highest BCUT2D eigenvalue weighted by atomic mass is 35.5. The van der Waals surface area contributed by atoms with Crippen LogP contribution in [0.3, 0.4) is 0 Å². The molecule has 90 valence electrons.